The number of hydrogen-bond donors (Lipinski definition) is 7. The number of carboxylic acid groups (broad SMARTS) is 2. The molecule has 29 heteroatoms. The minimum atomic E-state index is -1.98. The van der Waals surface area contributed by atoms with E-state index in [2.05, 4.69) is 0 Å². The standard InChI is InChI=1S/C42H69NO28/c1-14-21(47)40(69-31-29(57-7)35(59-9)42(71-33(31)37(52)53)67-25-17(11-44)63-39(60-10)23(49)22(25)48)65-18(12-61-15(2)45)24(14)66-41-34(58-8)28(56-6)30(32(70-41)36(50)51)68-38-20(43)27(55-5)26(54-4)19(64-38)13-62-16(3)46/h14,17-35,38-42,44,47-49H,11-13,43H2,1-10H3,(H,50,51)(H,52,53)/t14?,17?,18-,19?,20?,21?,22+,23?,24-,25+,26?,27+,28-,29?,30-,31-,32?,33+,34?,35?,38+,39-,40+,41+,42+/m0/s1. The summed E-state index contributed by atoms with van der Waals surface area (Å²) in [6.45, 7) is 2.21. The molecule has 5 fully saturated rings. The Hall–Kier alpha value is -2.96. The van der Waals surface area contributed by atoms with Gasteiger partial charge in [0.1, 0.15) is 105 Å². The lowest BCUT2D eigenvalue weighted by molar-refractivity contribution is -0.386. The van der Waals surface area contributed by atoms with Gasteiger partial charge in [0.15, 0.2) is 43.7 Å². The van der Waals surface area contributed by atoms with Gasteiger partial charge >= 0.3 is 23.9 Å². The van der Waals surface area contributed by atoms with Gasteiger partial charge in [0.2, 0.25) is 0 Å². The number of aliphatic hydroxyl groups is 4. The number of carboxylic acids is 2. The Kier molecular flexibility index (Phi) is 22.0. The average Bonchev–Trinajstić information content (AvgIpc) is 3.34. The van der Waals surface area contributed by atoms with Gasteiger partial charge in [-0.1, -0.05) is 6.92 Å². The van der Waals surface area contributed by atoms with Crippen molar-refractivity contribution in [3.8, 4) is 0 Å². The lowest BCUT2D eigenvalue weighted by Crippen LogP contribution is -2.69. The average molecular weight is 1040 g/mol. The molecule has 0 amide bonds. The van der Waals surface area contributed by atoms with E-state index in [4.69, 9.17) is 91.0 Å². The third-order valence-electron chi connectivity index (χ3n) is 12.9. The third kappa shape index (κ3) is 13.1. The molecule has 0 saturated carbocycles. The van der Waals surface area contributed by atoms with Gasteiger partial charge in [-0.05, 0) is 0 Å². The number of hydrogen-bond acceptors (Lipinski definition) is 27. The number of aliphatic hydroxyl groups excluding tert-OH is 4. The first kappa shape index (κ1) is 58.9. The summed E-state index contributed by atoms with van der Waals surface area (Å²) in [5.74, 6) is -5.64. The zero-order valence-corrected chi connectivity index (χ0v) is 40.8. The first-order chi connectivity index (χ1) is 33.7. The van der Waals surface area contributed by atoms with Gasteiger partial charge in [0.05, 0.1) is 18.8 Å². The maximum absolute atomic E-state index is 13.0. The van der Waals surface area contributed by atoms with Crippen molar-refractivity contribution in [2.45, 2.75) is 168 Å². The van der Waals surface area contributed by atoms with E-state index in [-0.39, 0.29) is 6.61 Å². The highest BCUT2D eigenvalue weighted by Gasteiger charge is 2.59. The summed E-state index contributed by atoms with van der Waals surface area (Å²) in [7, 11) is 8.84. The molecule has 5 aliphatic heterocycles. The molecule has 8 N–H and O–H groups in total. The Morgan fingerprint density at radius 2 is 0.859 bits per heavy atom. The summed E-state index contributed by atoms with van der Waals surface area (Å²) in [6, 6.07) is -1.11. The zero-order valence-electron chi connectivity index (χ0n) is 40.8. The number of rotatable bonds is 22. The minimum Gasteiger partial charge on any atom is -0.479 e. The quantitative estimate of drug-likeness (QED) is 0.0501. The van der Waals surface area contributed by atoms with E-state index in [1.54, 1.807) is 0 Å². The Morgan fingerprint density at radius 3 is 1.28 bits per heavy atom. The van der Waals surface area contributed by atoms with Crippen LogP contribution in [0, 0.1) is 5.92 Å². The van der Waals surface area contributed by atoms with Crippen LogP contribution in [0.1, 0.15) is 20.8 Å². The van der Waals surface area contributed by atoms with Crippen molar-refractivity contribution in [1.29, 1.82) is 0 Å². The normalized spacial score (nSPS) is 44.1. The first-order valence-corrected chi connectivity index (χ1v) is 22.5. The SMILES string of the molecule is COC1C(OC)[C@H](O[C@H]2O[C@@H](COC(C)=O)[C@@H](O[C@@H]3OC(C(=O)O)[C@@H](O[C@H]4OC(COC(C)=O)C(OC)[C@H](OC)C4N)[C@H](OC)C3OC)C(C)C2O)[C@H](C(=O)O)O[C@H]1O[C@@H]1C(CO)O[C@H](OC)C(O)[C@H]1O. The topological polar surface area (TPSA) is 382 Å². The molecular weight excluding hydrogens is 966 g/mol. The van der Waals surface area contributed by atoms with Crippen molar-refractivity contribution in [3.05, 3.63) is 0 Å². The van der Waals surface area contributed by atoms with Crippen LogP contribution in [0.2, 0.25) is 0 Å². The summed E-state index contributed by atoms with van der Waals surface area (Å²) in [4.78, 5) is 49.8. The van der Waals surface area contributed by atoms with Crippen molar-refractivity contribution in [1.82, 2.24) is 0 Å². The minimum absolute atomic E-state index is 0.301. The number of ether oxygens (including phenoxy) is 18. The van der Waals surface area contributed by atoms with Crippen LogP contribution in [0.15, 0.2) is 0 Å². The van der Waals surface area contributed by atoms with Crippen LogP contribution < -0.4 is 5.73 Å². The summed E-state index contributed by atoms with van der Waals surface area (Å²) in [6.07, 6.45) is -33.7. The van der Waals surface area contributed by atoms with E-state index >= 15 is 0 Å². The van der Waals surface area contributed by atoms with Crippen molar-refractivity contribution in [3.63, 3.8) is 0 Å². The maximum atomic E-state index is 13.0. The molecule has 0 aromatic rings. The Labute approximate surface area is 407 Å². The number of esters is 2. The van der Waals surface area contributed by atoms with Crippen LogP contribution in [0.25, 0.3) is 0 Å². The molecule has 29 nitrogen and oxygen atoms in total. The number of carbonyl (C=O) groups excluding carboxylic acids is 2. The first-order valence-electron chi connectivity index (χ1n) is 22.5. The van der Waals surface area contributed by atoms with Gasteiger partial charge in [0.25, 0.3) is 0 Å². The van der Waals surface area contributed by atoms with Crippen molar-refractivity contribution in [2.24, 2.45) is 11.7 Å². The van der Waals surface area contributed by atoms with Gasteiger partial charge < -0.3 is 122 Å². The van der Waals surface area contributed by atoms with E-state index in [1.807, 2.05) is 0 Å². The number of nitrogens with two attached hydrogens (primary N) is 1. The predicted octanol–water partition coefficient (Wildman–Crippen LogP) is -4.78. The molecule has 5 saturated heterocycles. The lowest BCUT2D eigenvalue weighted by atomic mass is 9.89. The molecular formula is C42H69NO28. The molecule has 5 rings (SSSR count). The molecule has 5 heterocycles. The second-order valence-corrected chi connectivity index (χ2v) is 17.2. The number of methoxy groups -OCH3 is 7. The van der Waals surface area contributed by atoms with Crippen molar-refractivity contribution >= 4 is 23.9 Å². The van der Waals surface area contributed by atoms with E-state index in [1.165, 1.54) is 63.6 Å². The molecule has 0 aliphatic carbocycles. The molecule has 11 unspecified atom stereocenters. The highest BCUT2D eigenvalue weighted by Crippen LogP contribution is 2.39. The monoisotopic (exact) mass is 1040 g/mol. The van der Waals surface area contributed by atoms with Crippen LogP contribution >= 0.6 is 0 Å². The molecule has 0 radical (unpaired) electrons. The maximum Gasteiger partial charge on any atom is 0.335 e. The summed E-state index contributed by atoms with van der Waals surface area (Å²) >= 11 is 0. The summed E-state index contributed by atoms with van der Waals surface area (Å²) in [5.41, 5.74) is 6.53. The fourth-order valence-corrected chi connectivity index (χ4v) is 9.33. The van der Waals surface area contributed by atoms with E-state index in [9.17, 15) is 49.8 Å². The molecule has 5 aliphatic rings. The molecule has 25 atom stereocenters. The fraction of sp³-hybridized carbons (Fsp3) is 0.905. The Balaban J connectivity index is 1.39. The van der Waals surface area contributed by atoms with Crippen LogP contribution in [0.3, 0.4) is 0 Å². The fourth-order valence-electron chi connectivity index (χ4n) is 9.33. The highest BCUT2D eigenvalue weighted by atomic mass is 16.8. The Morgan fingerprint density at radius 1 is 0.451 bits per heavy atom. The van der Waals surface area contributed by atoms with Gasteiger partial charge in [0, 0.05) is 69.5 Å². The highest BCUT2D eigenvalue weighted by molar-refractivity contribution is 5.74. The molecule has 410 valence electrons. The Bertz CT molecular complexity index is 1720. The number of aliphatic carboxylic acids is 2. The second kappa shape index (κ2) is 26.5. The lowest BCUT2D eigenvalue weighted by Gasteiger charge is -2.51. The zero-order chi connectivity index (χ0) is 52.6. The van der Waals surface area contributed by atoms with Crippen LogP contribution in [-0.2, 0) is 104 Å². The summed E-state index contributed by atoms with van der Waals surface area (Å²) < 4.78 is 104. The van der Waals surface area contributed by atoms with Crippen molar-refractivity contribution in [2.75, 3.05) is 69.6 Å². The molecule has 0 aromatic heterocycles. The molecule has 0 bridgehead atoms. The van der Waals surface area contributed by atoms with E-state index in [0.29, 0.717) is 0 Å². The largest absolute Gasteiger partial charge is 0.479 e. The van der Waals surface area contributed by atoms with Crippen LogP contribution in [-0.4, -0.2) is 271 Å². The molecule has 71 heavy (non-hydrogen) atoms. The van der Waals surface area contributed by atoms with Crippen molar-refractivity contribution < 1.29 is 135 Å². The summed E-state index contributed by atoms with van der Waals surface area (Å²) in [5, 5.41) is 64.5. The van der Waals surface area contributed by atoms with Gasteiger partial charge in [-0.3, -0.25) is 9.59 Å². The smallest absolute Gasteiger partial charge is 0.335 e. The molecule has 0 spiro atoms. The second-order valence-electron chi connectivity index (χ2n) is 17.2. The van der Waals surface area contributed by atoms with Crippen LogP contribution in [0.4, 0.5) is 0 Å². The van der Waals surface area contributed by atoms with Gasteiger partial charge in [-0.2, -0.15) is 0 Å². The van der Waals surface area contributed by atoms with E-state index < -0.39 is 190 Å². The van der Waals surface area contributed by atoms with Crippen LogP contribution in [0.5, 0.6) is 0 Å². The van der Waals surface area contributed by atoms with Gasteiger partial charge in [-0.25, -0.2) is 9.59 Å². The predicted molar refractivity (Wildman–Crippen MR) is 225 cm³/mol. The number of carbonyl (C=O) groups is 4. The third-order valence-corrected chi connectivity index (χ3v) is 12.9. The van der Waals surface area contributed by atoms with Gasteiger partial charge in [-0.15, -0.1) is 0 Å². The van der Waals surface area contributed by atoms with E-state index in [0.717, 1.165) is 6.92 Å². The molecule has 0 aromatic carbocycles.